The summed E-state index contributed by atoms with van der Waals surface area (Å²) in [6, 6.07) is 3.81. The zero-order valence-corrected chi connectivity index (χ0v) is 16.7. The van der Waals surface area contributed by atoms with E-state index in [-0.39, 0.29) is 23.6 Å². The van der Waals surface area contributed by atoms with Crippen LogP contribution in [0.1, 0.15) is 36.8 Å². The summed E-state index contributed by atoms with van der Waals surface area (Å²) < 4.78 is 7.84. The number of benzene rings is 1. The number of methoxy groups -OCH3 is 1. The normalized spacial score (nSPS) is 11.2. The Bertz CT molecular complexity index is 809. The molecule has 2 amide bonds. The van der Waals surface area contributed by atoms with Crippen LogP contribution in [0.4, 0.5) is 5.69 Å². The van der Waals surface area contributed by atoms with Crippen LogP contribution in [0.2, 0.25) is 0 Å². The highest BCUT2D eigenvalue weighted by Gasteiger charge is 2.21. The number of rotatable bonds is 5. The number of imidazole rings is 1. The van der Waals surface area contributed by atoms with E-state index < -0.39 is 5.91 Å². The van der Waals surface area contributed by atoms with Crippen LogP contribution in [0.5, 0.6) is 5.75 Å². The van der Waals surface area contributed by atoms with Gasteiger partial charge in [-0.15, -0.1) is 0 Å². The third-order valence-electron chi connectivity index (χ3n) is 3.65. The Balaban J connectivity index is 2.28. The van der Waals surface area contributed by atoms with E-state index in [0.29, 0.717) is 11.4 Å². The van der Waals surface area contributed by atoms with Gasteiger partial charge in [-0.2, -0.15) is 0 Å². The molecular weight excluding hydrogens is 435 g/mol. The maximum Gasteiger partial charge on any atom is 0.266 e. The fraction of sp³-hybridized carbons (Fsp3) is 0.353. The van der Waals surface area contributed by atoms with Crippen molar-refractivity contribution in [3.8, 4) is 5.75 Å². The van der Waals surface area contributed by atoms with Gasteiger partial charge in [-0.3, -0.25) is 9.59 Å². The minimum Gasteiger partial charge on any atom is -0.495 e. The van der Waals surface area contributed by atoms with Gasteiger partial charge in [0.15, 0.2) is 0 Å². The average Bonchev–Trinajstić information content (AvgIpc) is 2.95. The van der Waals surface area contributed by atoms with Crippen molar-refractivity contribution in [2.75, 3.05) is 12.4 Å². The molecule has 3 N–H and O–H groups in total. The summed E-state index contributed by atoms with van der Waals surface area (Å²) in [5.74, 6) is -0.362. The predicted octanol–water partition coefficient (Wildman–Crippen LogP) is 2.53. The molecule has 2 rings (SSSR count). The van der Waals surface area contributed by atoms with E-state index in [4.69, 9.17) is 10.5 Å². The molecule has 1 heterocycles. The second-order valence-electron chi connectivity index (χ2n) is 6.60. The fourth-order valence-electron chi connectivity index (χ4n) is 2.39. The first-order valence-electron chi connectivity index (χ1n) is 7.61. The monoisotopic (exact) mass is 456 g/mol. The van der Waals surface area contributed by atoms with E-state index in [1.807, 2.05) is 12.1 Å². The number of hydrogen-bond acceptors (Lipinski definition) is 4. The molecule has 25 heavy (non-hydrogen) atoms. The molecule has 0 saturated heterocycles. The van der Waals surface area contributed by atoms with Gasteiger partial charge in [-0.1, -0.05) is 20.8 Å². The summed E-state index contributed by atoms with van der Waals surface area (Å²) in [5, 5.41) is 2.84. The van der Waals surface area contributed by atoms with Gasteiger partial charge < -0.3 is 20.4 Å². The molecule has 0 aliphatic heterocycles. The Hall–Kier alpha value is -2.10. The number of amides is 2. The molecule has 0 unspecified atom stereocenters. The number of aromatic nitrogens is 2. The van der Waals surface area contributed by atoms with Crippen molar-refractivity contribution in [2.45, 2.75) is 32.7 Å². The number of halogens is 1. The van der Waals surface area contributed by atoms with Crippen molar-refractivity contribution >= 4 is 40.1 Å². The zero-order valence-electron chi connectivity index (χ0n) is 14.6. The maximum absolute atomic E-state index is 12.4. The van der Waals surface area contributed by atoms with Crippen LogP contribution >= 0.6 is 22.6 Å². The fourth-order valence-corrected chi connectivity index (χ4v) is 3.64. The van der Waals surface area contributed by atoms with E-state index in [1.165, 1.54) is 17.1 Å². The highest BCUT2D eigenvalue weighted by Crippen LogP contribution is 2.35. The van der Waals surface area contributed by atoms with Crippen molar-refractivity contribution in [2.24, 2.45) is 5.73 Å². The molecular formula is C17H21IN4O3. The Morgan fingerprint density at radius 2 is 2.04 bits per heavy atom. The molecule has 0 fully saturated rings. The van der Waals surface area contributed by atoms with Gasteiger partial charge in [0.1, 0.15) is 18.0 Å². The van der Waals surface area contributed by atoms with E-state index in [0.717, 1.165) is 9.13 Å². The number of nitrogens with zero attached hydrogens (tertiary/aromatic N) is 2. The molecule has 2 aromatic rings. The number of hydrogen-bond donors (Lipinski definition) is 2. The summed E-state index contributed by atoms with van der Waals surface area (Å²) in [5.41, 5.74) is 7.05. The molecule has 1 aromatic carbocycles. The van der Waals surface area contributed by atoms with Gasteiger partial charge in [0.05, 0.1) is 25.3 Å². The Morgan fingerprint density at radius 3 is 2.60 bits per heavy atom. The molecule has 134 valence electrons. The summed E-state index contributed by atoms with van der Waals surface area (Å²) >= 11 is 2.26. The van der Waals surface area contributed by atoms with Gasteiger partial charge in [-0.25, -0.2) is 4.98 Å². The van der Waals surface area contributed by atoms with Crippen LogP contribution in [0.3, 0.4) is 0 Å². The SMILES string of the molecule is COc1cc(I)c(C(C)(C)C)cc1NC(=O)Cn1cncc1C(N)=O. The largest absolute Gasteiger partial charge is 0.495 e. The standard InChI is InChI=1S/C17H21IN4O3/c1-17(2,3)10-5-12(14(25-4)6-11(10)18)21-15(23)8-22-9-20-7-13(22)16(19)24/h5-7,9H,8H2,1-4H3,(H2,19,24)(H,21,23). The average molecular weight is 456 g/mol. The summed E-state index contributed by atoms with van der Waals surface area (Å²) in [7, 11) is 1.55. The number of anilines is 1. The number of carbonyl (C=O) groups excluding carboxylic acids is 2. The predicted molar refractivity (Wildman–Crippen MR) is 104 cm³/mol. The minimum absolute atomic E-state index is 0.0712. The minimum atomic E-state index is -0.632. The lowest BCUT2D eigenvalue weighted by atomic mass is 9.87. The van der Waals surface area contributed by atoms with E-state index in [1.54, 1.807) is 7.11 Å². The first-order valence-corrected chi connectivity index (χ1v) is 8.69. The molecule has 0 aliphatic carbocycles. The van der Waals surface area contributed by atoms with Crippen molar-refractivity contribution in [1.82, 2.24) is 9.55 Å². The van der Waals surface area contributed by atoms with Gasteiger partial charge >= 0.3 is 0 Å². The van der Waals surface area contributed by atoms with Crippen LogP contribution < -0.4 is 15.8 Å². The molecule has 8 heteroatoms. The molecule has 7 nitrogen and oxygen atoms in total. The molecule has 0 saturated carbocycles. The first kappa shape index (κ1) is 19.2. The van der Waals surface area contributed by atoms with Crippen LogP contribution in [0, 0.1) is 3.57 Å². The maximum atomic E-state index is 12.4. The zero-order chi connectivity index (χ0) is 18.8. The van der Waals surface area contributed by atoms with E-state index in [9.17, 15) is 9.59 Å². The summed E-state index contributed by atoms with van der Waals surface area (Å²) in [6.45, 7) is 6.24. The molecule has 0 aliphatic rings. The highest BCUT2D eigenvalue weighted by atomic mass is 127. The Kier molecular flexibility index (Phi) is 5.71. The van der Waals surface area contributed by atoms with Gasteiger partial charge in [0.25, 0.3) is 5.91 Å². The summed E-state index contributed by atoms with van der Waals surface area (Å²) in [6.07, 6.45) is 2.73. The van der Waals surface area contributed by atoms with E-state index >= 15 is 0 Å². The van der Waals surface area contributed by atoms with Crippen LogP contribution in [-0.4, -0.2) is 28.5 Å². The lowest BCUT2D eigenvalue weighted by molar-refractivity contribution is -0.116. The molecule has 0 atom stereocenters. The van der Waals surface area contributed by atoms with Gasteiger partial charge in [0, 0.05) is 3.57 Å². The van der Waals surface area contributed by atoms with Crippen LogP contribution in [0.15, 0.2) is 24.7 Å². The molecule has 0 bridgehead atoms. The highest BCUT2D eigenvalue weighted by molar-refractivity contribution is 14.1. The van der Waals surface area contributed by atoms with Crippen molar-refractivity contribution in [3.05, 3.63) is 39.5 Å². The third kappa shape index (κ3) is 4.50. The first-order chi connectivity index (χ1) is 11.6. The van der Waals surface area contributed by atoms with Crippen LogP contribution in [0.25, 0.3) is 0 Å². The Labute approximate surface area is 160 Å². The molecule has 0 spiro atoms. The van der Waals surface area contributed by atoms with Crippen molar-refractivity contribution in [1.29, 1.82) is 0 Å². The number of ether oxygens (including phenoxy) is 1. The summed E-state index contributed by atoms with van der Waals surface area (Å²) in [4.78, 5) is 27.6. The van der Waals surface area contributed by atoms with Crippen molar-refractivity contribution < 1.29 is 14.3 Å². The van der Waals surface area contributed by atoms with E-state index in [2.05, 4.69) is 53.7 Å². The number of primary amides is 1. The van der Waals surface area contributed by atoms with Gasteiger partial charge in [-0.05, 0) is 45.7 Å². The Morgan fingerprint density at radius 1 is 1.36 bits per heavy atom. The lowest BCUT2D eigenvalue weighted by Crippen LogP contribution is -2.24. The lowest BCUT2D eigenvalue weighted by Gasteiger charge is -2.23. The number of carbonyl (C=O) groups is 2. The van der Waals surface area contributed by atoms with Gasteiger partial charge in [0.2, 0.25) is 5.91 Å². The van der Waals surface area contributed by atoms with Crippen LogP contribution in [-0.2, 0) is 16.8 Å². The second-order valence-corrected chi connectivity index (χ2v) is 7.76. The topological polar surface area (TPSA) is 99.2 Å². The molecule has 1 aromatic heterocycles. The molecule has 0 radical (unpaired) electrons. The van der Waals surface area contributed by atoms with Crippen molar-refractivity contribution in [3.63, 3.8) is 0 Å². The number of nitrogens with one attached hydrogen (secondary N) is 1. The third-order valence-corrected chi connectivity index (χ3v) is 4.54. The smallest absolute Gasteiger partial charge is 0.266 e. The second kappa shape index (κ2) is 7.42. The number of nitrogens with two attached hydrogens (primary N) is 1. The quantitative estimate of drug-likeness (QED) is 0.676.